The second kappa shape index (κ2) is 9.42. The number of hydrogen-bond acceptors (Lipinski definition) is 4. The van der Waals surface area contributed by atoms with E-state index in [0.29, 0.717) is 25.2 Å². The number of aliphatic hydroxyl groups excluding tert-OH is 1. The number of aromatic nitrogens is 2. The molecule has 1 aliphatic carbocycles. The van der Waals surface area contributed by atoms with E-state index in [1.165, 1.54) is 0 Å². The second-order valence-corrected chi connectivity index (χ2v) is 16.9. The predicted molar refractivity (Wildman–Crippen MR) is 140 cm³/mol. The van der Waals surface area contributed by atoms with Gasteiger partial charge in [-0.1, -0.05) is 56.4 Å². The fourth-order valence-corrected chi connectivity index (χ4v) is 8.15. The Morgan fingerprint density at radius 3 is 2.46 bits per heavy atom. The molecule has 2 aromatic rings. The van der Waals surface area contributed by atoms with Gasteiger partial charge in [0.25, 0.3) is 0 Å². The fraction of sp³-hybridized carbons (Fsp3) is 0.577. The van der Waals surface area contributed by atoms with Crippen LogP contribution in [-0.2, 0) is 16.9 Å². The molecule has 1 unspecified atom stereocenters. The van der Waals surface area contributed by atoms with Gasteiger partial charge < -0.3 is 20.6 Å². The Bertz CT molecular complexity index is 1070. The van der Waals surface area contributed by atoms with Gasteiger partial charge in [0.15, 0.2) is 5.82 Å². The van der Waals surface area contributed by atoms with Gasteiger partial charge in [-0.25, -0.2) is 4.79 Å². The molecule has 2 aliphatic rings. The summed E-state index contributed by atoms with van der Waals surface area (Å²) in [6.07, 6.45) is 4.22. The molecule has 4 N–H and O–H groups in total. The SMILES string of the molecule is CC1(C)c2[nH]nc(NC(=O)C3([Si](C)(C)C)CCC3)c2CN1C(=O)NC(CCCO)c1ccccc1. The minimum absolute atomic E-state index is 0.0751. The summed E-state index contributed by atoms with van der Waals surface area (Å²) in [5, 5.41) is 22.9. The van der Waals surface area contributed by atoms with Gasteiger partial charge in [0, 0.05) is 17.2 Å². The van der Waals surface area contributed by atoms with Crippen LogP contribution in [0, 0.1) is 0 Å². The number of nitrogens with zero attached hydrogens (tertiary/aromatic N) is 2. The van der Waals surface area contributed by atoms with Crippen molar-refractivity contribution in [1.29, 1.82) is 0 Å². The first kappa shape index (κ1) is 25.4. The van der Waals surface area contributed by atoms with Crippen molar-refractivity contribution in [1.82, 2.24) is 20.4 Å². The normalized spacial score (nSPS) is 19.0. The highest BCUT2D eigenvalue weighted by molar-refractivity contribution is 6.83. The van der Waals surface area contributed by atoms with E-state index in [2.05, 4.69) is 40.5 Å². The van der Waals surface area contributed by atoms with Crippen LogP contribution < -0.4 is 10.6 Å². The first-order chi connectivity index (χ1) is 16.5. The van der Waals surface area contributed by atoms with E-state index < -0.39 is 13.6 Å². The summed E-state index contributed by atoms with van der Waals surface area (Å²) in [4.78, 5) is 28.7. The van der Waals surface area contributed by atoms with Gasteiger partial charge in [0.2, 0.25) is 5.91 Å². The molecule has 1 aromatic carbocycles. The van der Waals surface area contributed by atoms with E-state index >= 15 is 0 Å². The molecule has 8 nitrogen and oxygen atoms in total. The van der Waals surface area contributed by atoms with Crippen molar-refractivity contribution in [2.45, 2.75) is 88.8 Å². The molecule has 2 heterocycles. The maximum absolute atomic E-state index is 13.5. The van der Waals surface area contributed by atoms with Crippen molar-refractivity contribution in [3.8, 4) is 0 Å². The lowest BCUT2D eigenvalue weighted by molar-refractivity contribution is -0.121. The molecule has 4 rings (SSSR count). The molecule has 1 atom stereocenters. The number of carbonyl (C=O) groups is 2. The minimum Gasteiger partial charge on any atom is -0.396 e. The molecule has 1 aromatic heterocycles. The molecule has 190 valence electrons. The van der Waals surface area contributed by atoms with Crippen LogP contribution in [0.25, 0.3) is 0 Å². The highest BCUT2D eigenvalue weighted by Gasteiger charge is 2.54. The summed E-state index contributed by atoms with van der Waals surface area (Å²) in [6, 6.07) is 9.46. The number of nitrogens with one attached hydrogen (secondary N) is 3. The molecule has 9 heteroatoms. The average molecular weight is 498 g/mol. The molecular weight excluding hydrogens is 458 g/mol. The van der Waals surface area contributed by atoms with Gasteiger partial charge in [-0.05, 0) is 45.1 Å². The number of carbonyl (C=O) groups excluding carboxylic acids is 2. The Morgan fingerprint density at radius 1 is 1.20 bits per heavy atom. The van der Waals surface area contributed by atoms with Crippen LogP contribution in [0.15, 0.2) is 30.3 Å². The molecule has 0 radical (unpaired) electrons. The quantitative estimate of drug-likeness (QED) is 0.389. The Hall–Kier alpha value is -2.65. The average Bonchev–Trinajstić information content (AvgIpc) is 3.27. The Labute approximate surface area is 208 Å². The van der Waals surface area contributed by atoms with Crippen LogP contribution >= 0.6 is 0 Å². The number of aliphatic hydroxyl groups is 1. The summed E-state index contributed by atoms with van der Waals surface area (Å²) in [7, 11) is -1.71. The Morgan fingerprint density at radius 2 is 1.89 bits per heavy atom. The third-order valence-corrected chi connectivity index (χ3v) is 11.8. The number of fused-ring (bicyclic) bond motifs is 1. The number of rotatable bonds is 8. The molecular formula is C26H39N5O3Si. The highest BCUT2D eigenvalue weighted by atomic mass is 28.3. The van der Waals surface area contributed by atoms with E-state index in [9.17, 15) is 14.7 Å². The molecule has 0 saturated heterocycles. The Kier molecular flexibility index (Phi) is 6.85. The number of H-pyrrole nitrogens is 1. The zero-order valence-electron chi connectivity index (χ0n) is 21.6. The van der Waals surface area contributed by atoms with Crippen molar-refractivity contribution >= 4 is 25.8 Å². The van der Waals surface area contributed by atoms with Crippen molar-refractivity contribution in [2.24, 2.45) is 0 Å². The largest absolute Gasteiger partial charge is 0.396 e. The molecule has 1 saturated carbocycles. The summed E-state index contributed by atoms with van der Waals surface area (Å²) >= 11 is 0. The maximum atomic E-state index is 13.5. The monoisotopic (exact) mass is 497 g/mol. The number of amides is 3. The lowest BCUT2D eigenvalue weighted by atomic mass is 9.83. The van der Waals surface area contributed by atoms with E-state index in [0.717, 1.165) is 36.1 Å². The second-order valence-electron chi connectivity index (χ2n) is 11.5. The lowest BCUT2D eigenvalue weighted by Crippen LogP contribution is -2.52. The fourth-order valence-electron chi connectivity index (χ4n) is 5.55. The third-order valence-electron chi connectivity index (χ3n) is 8.18. The molecule has 35 heavy (non-hydrogen) atoms. The molecule has 1 fully saturated rings. The number of urea groups is 1. The lowest BCUT2D eigenvalue weighted by Gasteiger charge is -2.48. The van der Waals surface area contributed by atoms with Crippen LogP contribution in [0.5, 0.6) is 0 Å². The zero-order valence-corrected chi connectivity index (χ0v) is 22.6. The third kappa shape index (κ3) is 4.51. The summed E-state index contributed by atoms with van der Waals surface area (Å²) in [5.74, 6) is 0.615. The zero-order chi connectivity index (χ0) is 25.4. The highest BCUT2D eigenvalue weighted by Crippen LogP contribution is 2.56. The van der Waals surface area contributed by atoms with Crippen molar-refractivity contribution in [3.63, 3.8) is 0 Å². The Balaban J connectivity index is 1.52. The summed E-state index contributed by atoms with van der Waals surface area (Å²) < 4.78 is 0. The van der Waals surface area contributed by atoms with Crippen LogP contribution in [0.4, 0.5) is 10.6 Å². The van der Waals surface area contributed by atoms with E-state index in [1.807, 2.05) is 44.2 Å². The first-order valence-corrected chi connectivity index (χ1v) is 16.1. The first-order valence-electron chi connectivity index (χ1n) is 12.6. The number of anilines is 1. The molecule has 1 aliphatic heterocycles. The minimum atomic E-state index is -1.71. The van der Waals surface area contributed by atoms with Gasteiger partial charge in [0.1, 0.15) is 0 Å². The topological polar surface area (TPSA) is 110 Å². The number of hydrogen-bond donors (Lipinski definition) is 4. The van der Waals surface area contributed by atoms with E-state index in [-0.39, 0.29) is 29.6 Å². The van der Waals surface area contributed by atoms with Crippen LogP contribution in [0.3, 0.4) is 0 Å². The maximum Gasteiger partial charge on any atom is 0.318 e. The van der Waals surface area contributed by atoms with Crippen LogP contribution in [-0.4, -0.2) is 46.8 Å². The van der Waals surface area contributed by atoms with Gasteiger partial charge in [0.05, 0.1) is 31.9 Å². The van der Waals surface area contributed by atoms with Crippen LogP contribution in [0.2, 0.25) is 24.7 Å². The van der Waals surface area contributed by atoms with Gasteiger partial charge >= 0.3 is 6.03 Å². The van der Waals surface area contributed by atoms with E-state index in [4.69, 9.17) is 0 Å². The summed E-state index contributed by atoms with van der Waals surface area (Å²) in [5.41, 5.74) is 2.12. The van der Waals surface area contributed by atoms with Gasteiger partial charge in [-0.3, -0.25) is 9.89 Å². The number of aromatic amines is 1. The summed E-state index contributed by atoms with van der Waals surface area (Å²) in [6.45, 7) is 11.2. The molecule has 0 spiro atoms. The van der Waals surface area contributed by atoms with Crippen LogP contribution in [0.1, 0.15) is 68.8 Å². The van der Waals surface area contributed by atoms with E-state index in [1.54, 1.807) is 4.90 Å². The molecule has 3 amide bonds. The smallest absolute Gasteiger partial charge is 0.318 e. The van der Waals surface area contributed by atoms with Crippen molar-refractivity contribution in [3.05, 3.63) is 47.2 Å². The van der Waals surface area contributed by atoms with Crippen molar-refractivity contribution in [2.75, 3.05) is 11.9 Å². The van der Waals surface area contributed by atoms with Crippen molar-refractivity contribution < 1.29 is 14.7 Å². The number of benzene rings is 1. The standard InChI is InChI=1S/C26H39N5O3Si/c1-25(2)21-19(22(30-29-21)28-23(33)26(14-10-15-26)35(3,4)5)17-31(25)24(34)27-20(13-9-16-32)18-11-7-6-8-12-18/h6-8,11-12,20,32H,9-10,13-17H2,1-5H3,(H,27,34)(H2,28,29,30,33). The predicted octanol–water partition coefficient (Wildman–Crippen LogP) is 4.88. The van der Waals surface area contributed by atoms with Gasteiger partial charge in [-0.2, -0.15) is 5.10 Å². The van der Waals surface area contributed by atoms with Gasteiger partial charge in [-0.15, -0.1) is 0 Å². The molecule has 0 bridgehead atoms.